The first-order valence-corrected chi connectivity index (χ1v) is 8.89. The summed E-state index contributed by atoms with van der Waals surface area (Å²) in [7, 11) is 1.61. The van der Waals surface area contributed by atoms with E-state index in [4.69, 9.17) is 9.47 Å². The average Bonchev–Trinajstić information content (AvgIpc) is 2.68. The highest BCUT2D eigenvalue weighted by Crippen LogP contribution is 2.27. The fourth-order valence-corrected chi connectivity index (χ4v) is 2.67. The van der Waals surface area contributed by atoms with Crippen molar-refractivity contribution in [3.63, 3.8) is 0 Å². The maximum Gasteiger partial charge on any atom is 0.340 e. The lowest BCUT2D eigenvalue weighted by molar-refractivity contribution is 0.0527. The third-order valence-electron chi connectivity index (χ3n) is 3.89. The summed E-state index contributed by atoms with van der Waals surface area (Å²) in [6, 6.07) is 16.5. The van der Waals surface area contributed by atoms with Crippen molar-refractivity contribution in [3.05, 3.63) is 65.9 Å². The van der Waals surface area contributed by atoms with Gasteiger partial charge in [-0.15, -0.1) is 0 Å². The predicted molar refractivity (Wildman–Crippen MR) is 109 cm³/mol. The smallest absolute Gasteiger partial charge is 0.340 e. The van der Waals surface area contributed by atoms with Crippen LogP contribution in [-0.4, -0.2) is 29.7 Å². The van der Waals surface area contributed by atoms with Gasteiger partial charge in [0.1, 0.15) is 11.6 Å². The molecule has 2 aromatic carbocycles. The highest BCUT2D eigenvalue weighted by atomic mass is 16.5. The lowest BCUT2D eigenvalue weighted by Gasteiger charge is -2.13. The molecule has 0 fully saturated rings. The molecule has 0 saturated heterocycles. The number of benzene rings is 2. The summed E-state index contributed by atoms with van der Waals surface area (Å²) >= 11 is 0. The van der Waals surface area contributed by atoms with Crippen LogP contribution in [-0.2, 0) is 4.74 Å². The minimum absolute atomic E-state index is 0.312. The minimum atomic E-state index is -0.385. The number of nitrogens with zero attached hydrogens (tertiary/aromatic N) is 2. The van der Waals surface area contributed by atoms with Crippen molar-refractivity contribution in [2.75, 3.05) is 24.4 Å². The highest BCUT2D eigenvalue weighted by Gasteiger charge is 2.13. The van der Waals surface area contributed by atoms with Crippen molar-refractivity contribution >= 4 is 29.1 Å². The van der Waals surface area contributed by atoms with Gasteiger partial charge in [0, 0.05) is 11.8 Å². The number of esters is 1. The SMILES string of the molecule is CCOC(=O)c1ccccc1Nc1cc(C)nc(Nc2ccccc2OC)n1. The Bertz CT molecular complexity index is 975. The molecule has 0 spiro atoms. The summed E-state index contributed by atoms with van der Waals surface area (Å²) in [6.07, 6.45) is 0. The van der Waals surface area contributed by atoms with Crippen molar-refractivity contribution in [2.45, 2.75) is 13.8 Å². The van der Waals surface area contributed by atoms with Crippen molar-refractivity contribution < 1.29 is 14.3 Å². The molecule has 0 bridgehead atoms. The van der Waals surface area contributed by atoms with Crippen LogP contribution in [0.25, 0.3) is 0 Å². The number of aryl methyl sites for hydroxylation is 1. The molecule has 144 valence electrons. The van der Waals surface area contributed by atoms with Crippen molar-refractivity contribution in [1.29, 1.82) is 0 Å². The van der Waals surface area contributed by atoms with Gasteiger partial charge < -0.3 is 20.1 Å². The number of ether oxygens (including phenoxy) is 2. The maximum atomic E-state index is 12.2. The number of nitrogens with one attached hydrogen (secondary N) is 2. The molecule has 3 rings (SSSR count). The van der Waals surface area contributed by atoms with Crippen LogP contribution in [0.1, 0.15) is 23.0 Å². The fraction of sp³-hybridized carbons (Fsp3) is 0.190. The van der Waals surface area contributed by atoms with Gasteiger partial charge >= 0.3 is 5.97 Å². The lowest BCUT2D eigenvalue weighted by Crippen LogP contribution is -2.09. The molecule has 3 aromatic rings. The standard InChI is InChI=1S/C21H22N4O3/c1-4-28-20(26)15-9-5-6-10-16(15)23-19-13-14(2)22-21(25-19)24-17-11-7-8-12-18(17)27-3/h5-13H,4H2,1-3H3,(H2,22,23,24,25). The van der Waals surface area contributed by atoms with Crippen LogP contribution in [0.2, 0.25) is 0 Å². The minimum Gasteiger partial charge on any atom is -0.495 e. The largest absolute Gasteiger partial charge is 0.495 e. The number of aromatic nitrogens is 2. The van der Waals surface area contributed by atoms with Crippen LogP contribution < -0.4 is 15.4 Å². The molecule has 1 heterocycles. The number of hydrogen-bond acceptors (Lipinski definition) is 7. The Hall–Kier alpha value is -3.61. The number of para-hydroxylation sites is 3. The first-order chi connectivity index (χ1) is 13.6. The van der Waals surface area contributed by atoms with E-state index in [9.17, 15) is 4.79 Å². The second-order valence-corrected chi connectivity index (χ2v) is 5.93. The summed E-state index contributed by atoms with van der Waals surface area (Å²) in [6.45, 7) is 3.96. The molecule has 0 aliphatic carbocycles. The van der Waals surface area contributed by atoms with Crippen molar-refractivity contribution in [2.24, 2.45) is 0 Å². The Morgan fingerprint density at radius 2 is 1.71 bits per heavy atom. The second-order valence-electron chi connectivity index (χ2n) is 5.93. The molecule has 1 aromatic heterocycles. The number of rotatable bonds is 7. The molecule has 2 N–H and O–H groups in total. The zero-order valence-electron chi connectivity index (χ0n) is 16.0. The zero-order chi connectivity index (χ0) is 19.9. The third-order valence-corrected chi connectivity index (χ3v) is 3.89. The number of anilines is 4. The van der Waals surface area contributed by atoms with Gasteiger partial charge in [-0.3, -0.25) is 0 Å². The number of hydrogen-bond donors (Lipinski definition) is 2. The highest BCUT2D eigenvalue weighted by molar-refractivity contribution is 5.96. The molecule has 7 heteroatoms. The van der Waals surface area contributed by atoms with Crippen molar-refractivity contribution in [3.8, 4) is 5.75 Å². The Morgan fingerprint density at radius 3 is 2.46 bits per heavy atom. The Morgan fingerprint density at radius 1 is 1.00 bits per heavy atom. The first kappa shape index (κ1) is 19.2. The van der Waals surface area contributed by atoms with E-state index >= 15 is 0 Å². The summed E-state index contributed by atoms with van der Waals surface area (Å²) < 4.78 is 10.5. The van der Waals surface area contributed by atoms with Gasteiger partial charge in [-0.05, 0) is 38.1 Å². The van der Waals surface area contributed by atoms with Gasteiger partial charge in [0.25, 0.3) is 0 Å². The molecule has 0 unspecified atom stereocenters. The second kappa shape index (κ2) is 8.85. The predicted octanol–water partition coefficient (Wildman–Crippen LogP) is 4.46. The fourth-order valence-electron chi connectivity index (χ4n) is 2.67. The topological polar surface area (TPSA) is 85.4 Å². The van der Waals surface area contributed by atoms with Crippen LogP contribution in [0.3, 0.4) is 0 Å². The summed E-state index contributed by atoms with van der Waals surface area (Å²) in [4.78, 5) is 21.1. The van der Waals surface area contributed by atoms with E-state index in [1.54, 1.807) is 38.3 Å². The first-order valence-electron chi connectivity index (χ1n) is 8.89. The molecule has 0 aliphatic heterocycles. The Balaban J connectivity index is 1.88. The summed E-state index contributed by atoms with van der Waals surface area (Å²) in [5, 5.41) is 6.35. The molecule has 0 radical (unpaired) electrons. The summed E-state index contributed by atoms with van der Waals surface area (Å²) in [5.41, 5.74) is 2.58. The van der Waals surface area contributed by atoms with Crippen LogP contribution in [0.15, 0.2) is 54.6 Å². The van der Waals surface area contributed by atoms with Gasteiger partial charge in [0.2, 0.25) is 5.95 Å². The summed E-state index contributed by atoms with van der Waals surface area (Å²) in [5.74, 6) is 1.28. The van der Waals surface area contributed by atoms with E-state index in [1.807, 2.05) is 37.3 Å². The Kier molecular flexibility index (Phi) is 6.06. The van der Waals surface area contributed by atoms with Gasteiger partial charge in [-0.25, -0.2) is 9.78 Å². The molecular formula is C21H22N4O3. The van der Waals surface area contributed by atoms with E-state index in [-0.39, 0.29) is 5.97 Å². The van der Waals surface area contributed by atoms with Gasteiger partial charge in [0.15, 0.2) is 0 Å². The number of carbonyl (C=O) groups excluding carboxylic acids is 1. The molecule has 0 aliphatic rings. The quantitative estimate of drug-likeness (QED) is 0.587. The maximum absolute atomic E-state index is 12.2. The molecule has 28 heavy (non-hydrogen) atoms. The molecule has 0 amide bonds. The van der Waals surface area contributed by atoms with E-state index in [2.05, 4.69) is 20.6 Å². The van der Waals surface area contributed by atoms with E-state index in [0.717, 1.165) is 11.4 Å². The number of carbonyl (C=O) groups is 1. The average molecular weight is 378 g/mol. The zero-order valence-corrected chi connectivity index (χ0v) is 16.0. The third kappa shape index (κ3) is 4.56. The van der Waals surface area contributed by atoms with Crippen LogP contribution >= 0.6 is 0 Å². The van der Waals surface area contributed by atoms with Crippen LogP contribution in [0.5, 0.6) is 5.75 Å². The van der Waals surface area contributed by atoms with Crippen LogP contribution in [0.4, 0.5) is 23.1 Å². The molecule has 0 atom stereocenters. The van der Waals surface area contributed by atoms with E-state index in [0.29, 0.717) is 35.4 Å². The van der Waals surface area contributed by atoms with E-state index < -0.39 is 0 Å². The van der Waals surface area contributed by atoms with E-state index in [1.165, 1.54) is 0 Å². The normalized spacial score (nSPS) is 10.2. The number of methoxy groups -OCH3 is 1. The van der Waals surface area contributed by atoms with Gasteiger partial charge in [0.05, 0.1) is 30.7 Å². The van der Waals surface area contributed by atoms with Crippen molar-refractivity contribution in [1.82, 2.24) is 9.97 Å². The Labute approximate surface area is 163 Å². The molecular weight excluding hydrogens is 356 g/mol. The van der Waals surface area contributed by atoms with Gasteiger partial charge in [-0.1, -0.05) is 24.3 Å². The monoisotopic (exact) mass is 378 g/mol. The molecule has 0 saturated carbocycles. The van der Waals surface area contributed by atoms with Gasteiger partial charge in [-0.2, -0.15) is 4.98 Å². The van der Waals surface area contributed by atoms with Crippen LogP contribution in [0, 0.1) is 6.92 Å². The lowest BCUT2D eigenvalue weighted by atomic mass is 10.2. The molecule has 7 nitrogen and oxygen atoms in total.